The first kappa shape index (κ1) is 14.5. The van der Waals surface area contributed by atoms with Gasteiger partial charge in [0.2, 0.25) is 0 Å². The van der Waals surface area contributed by atoms with Crippen LogP contribution in [0.25, 0.3) is 0 Å². The average Bonchev–Trinajstić information content (AvgIpc) is 2.94. The summed E-state index contributed by atoms with van der Waals surface area (Å²) in [6, 6.07) is 2.57. The molecule has 0 saturated heterocycles. The Morgan fingerprint density at radius 2 is 1.85 bits per heavy atom. The van der Waals surface area contributed by atoms with E-state index >= 15 is 0 Å². The number of carboxylic acids is 1. The zero-order valence-corrected chi connectivity index (χ0v) is 12.1. The maximum absolute atomic E-state index is 12.1. The number of aromatic carboxylic acids is 1. The first-order chi connectivity index (χ1) is 9.33. The molecule has 2 aromatic heterocycles. The first-order valence-electron chi connectivity index (χ1n) is 5.04. The third kappa shape index (κ3) is 2.66. The van der Waals surface area contributed by atoms with E-state index in [1.165, 1.54) is 22.9 Å². The summed E-state index contributed by atoms with van der Waals surface area (Å²) in [4.78, 5) is 21.4. The lowest BCUT2D eigenvalue weighted by Crippen LogP contribution is -2.18. The molecule has 0 unspecified atom stereocenters. The smallest absolute Gasteiger partial charge is 0.347 e. The lowest BCUT2D eigenvalue weighted by Gasteiger charge is -2.06. The summed E-state index contributed by atoms with van der Waals surface area (Å²) >= 11 is 1.78. The molecule has 0 aliphatic rings. The molecule has 106 valence electrons. The van der Waals surface area contributed by atoms with Crippen molar-refractivity contribution in [3.63, 3.8) is 0 Å². The maximum Gasteiger partial charge on any atom is 0.347 e. The Balaban J connectivity index is 2.41. The summed E-state index contributed by atoms with van der Waals surface area (Å²) in [7, 11) is -4.09. The number of thiophene rings is 2. The van der Waals surface area contributed by atoms with Crippen LogP contribution in [-0.4, -0.2) is 25.4 Å². The van der Waals surface area contributed by atoms with Gasteiger partial charge >= 0.3 is 5.97 Å². The van der Waals surface area contributed by atoms with Gasteiger partial charge in [0.25, 0.3) is 15.9 Å². The van der Waals surface area contributed by atoms with E-state index in [2.05, 4.69) is 4.72 Å². The molecule has 0 fully saturated rings. The molecule has 10 heteroatoms. The van der Waals surface area contributed by atoms with Crippen LogP contribution in [-0.2, 0) is 10.0 Å². The molecular formula is C10H8N2O5S3. The van der Waals surface area contributed by atoms with E-state index in [-0.39, 0.29) is 20.3 Å². The van der Waals surface area contributed by atoms with Crippen LogP contribution in [0.4, 0.5) is 5.00 Å². The zero-order valence-electron chi connectivity index (χ0n) is 9.69. The first-order valence-corrected chi connectivity index (χ1v) is 8.28. The van der Waals surface area contributed by atoms with E-state index < -0.39 is 21.9 Å². The van der Waals surface area contributed by atoms with Crippen LogP contribution in [0.15, 0.2) is 27.8 Å². The highest BCUT2D eigenvalue weighted by atomic mass is 32.2. The van der Waals surface area contributed by atoms with E-state index in [9.17, 15) is 18.0 Å². The topological polar surface area (TPSA) is 127 Å². The lowest BCUT2D eigenvalue weighted by molar-refractivity contribution is 0.0698. The standard InChI is InChI=1S/C10H8N2O5S3/c11-8(13)5-1-3-19-9(5)12-20(16,17)6-2-4-18-7(6)10(14)15/h1-4,12H,(H2,11,13)(H,14,15). The minimum absolute atomic E-state index is 0.0330. The molecule has 0 aromatic carbocycles. The fourth-order valence-electron chi connectivity index (χ4n) is 1.42. The Morgan fingerprint density at radius 1 is 1.20 bits per heavy atom. The molecule has 0 bridgehead atoms. The molecule has 7 nitrogen and oxygen atoms in total. The van der Waals surface area contributed by atoms with Crippen LogP contribution < -0.4 is 10.5 Å². The van der Waals surface area contributed by atoms with Gasteiger partial charge in [-0.05, 0) is 22.9 Å². The number of carbonyl (C=O) groups is 2. The van der Waals surface area contributed by atoms with Gasteiger partial charge in [-0.2, -0.15) is 0 Å². The van der Waals surface area contributed by atoms with Crippen molar-refractivity contribution in [2.75, 3.05) is 4.72 Å². The summed E-state index contributed by atoms with van der Waals surface area (Å²) in [5, 5.41) is 11.9. The average molecular weight is 332 g/mol. The van der Waals surface area contributed by atoms with Gasteiger partial charge in [-0.3, -0.25) is 9.52 Å². The minimum atomic E-state index is -4.09. The number of nitrogens with two attached hydrogens (primary N) is 1. The van der Waals surface area contributed by atoms with Crippen molar-refractivity contribution in [3.05, 3.63) is 33.3 Å². The normalized spacial score (nSPS) is 11.2. The van der Waals surface area contributed by atoms with Gasteiger partial charge in [-0.15, -0.1) is 22.7 Å². The molecule has 0 aliphatic carbocycles. The highest BCUT2D eigenvalue weighted by Crippen LogP contribution is 2.28. The number of carbonyl (C=O) groups excluding carboxylic acids is 1. The molecule has 2 rings (SSSR count). The number of hydrogen-bond donors (Lipinski definition) is 3. The van der Waals surface area contributed by atoms with Crippen molar-refractivity contribution in [2.24, 2.45) is 5.73 Å². The largest absolute Gasteiger partial charge is 0.477 e. The Bertz CT molecular complexity index is 774. The van der Waals surface area contributed by atoms with Crippen LogP contribution in [0, 0.1) is 0 Å². The van der Waals surface area contributed by atoms with Crippen molar-refractivity contribution < 1.29 is 23.1 Å². The third-order valence-electron chi connectivity index (χ3n) is 2.27. The molecule has 4 N–H and O–H groups in total. The minimum Gasteiger partial charge on any atom is -0.477 e. The summed E-state index contributed by atoms with van der Waals surface area (Å²) in [6.45, 7) is 0. The van der Waals surface area contributed by atoms with Gasteiger partial charge in [0.05, 0.1) is 5.56 Å². The van der Waals surface area contributed by atoms with Gasteiger partial charge in [0, 0.05) is 0 Å². The summed E-state index contributed by atoms with van der Waals surface area (Å²) in [6.07, 6.45) is 0. The van der Waals surface area contributed by atoms with E-state index in [4.69, 9.17) is 10.8 Å². The van der Waals surface area contributed by atoms with Gasteiger partial charge < -0.3 is 10.8 Å². The SMILES string of the molecule is NC(=O)c1ccsc1NS(=O)(=O)c1ccsc1C(=O)O. The monoisotopic (exact) mass is 332 g/mol. The van der Waals surface area contributed by atoms with Crippen LogP contribution in [0.3, 0.4) is 0 Å². The Kier molecular flexibility index (Phi) is 3.79. The van der Waals surface area contributed by atoms with Gasteiger partial charge in [0.15, 0.2) is 0 Å². The van der Waals surface area contributed by atoms with E-state index in [0.717, 1.165) is 22.7 Å². The van der Waals surface area contributed by atoms with E-state index in [1.807, 2.05) is 0 Å². The Hall–Kier alpha value is -1.91. The third-order valence-corrected chi connectivity index (χ3v) is 5.65. The van der Waals surface area contributed by atoms with Gasteiger partial charge in [0.1, 0.15) is 14.8 Å². The number of carboxylic acid groups (broad SMARTS) is 1. The second-order valence-electron chi connectivity index (χ2n) is 3.55. The predicted octanol–water partition coefficient (Wildman–Crippen LogP) is 1.41. The summed E-state index contributed by atoms with van der Waals surface area (Å²) < 4.78 is 26.5. The maximum atomic E-state index is 12.1. The number of hydrogen-bond acceptors (Lipinski definition) is 6. The van der Waals surface area contributed by atoms with Crippen molar-refractivity contribution in [2.45, 2.75) is 4.90 Å². The van der Waals surface area contributed by atoms with Gasteiger partial charge in [-0.25, -0.2) is 13.2 Å². The van der Waals surface area contributed by atoms with Crippen molar-refractivity contribution in [1.82, 2.24) is 0 Å². The fraction of sp³-hybridized carbons (Fsp3) is 0. The second-order valence-corrected chi connectivity index (χ2v) is 7.04. The molecule has 2 heterocycles. The predicted molar refractivity (Wildman–Crippen MR) is 74.9 cm³/mol. The van der Waals surface area contributed by atoms with Crippen LogP contribution in [0.2, 0.25) is 0 Å². The summed E-state index contributed by atoms with van der Waals surface area (Å²) in [5.41, 5.74) is 5.15. The van der Waals surface area contributed by atoms with Crippen LogP contribution in [0.1, 0.15) is 20.0 Å². The van der Waals surface area contributed by atoms with Crippen LogP contribution >= 0.6 is 22.7 Å². The highest BCUT2D eigenvalue weighted by molar-refractivity contribution is 7.93. The number of amides is 1. The lowest BCUT2D eigenvalue weighted by atomic mass is 10.3. The number of primary amides is 1. The summed E-state index contributed by atoms with van der Waals surface area (Å²) in [5.74, 6) is -2.10. The number of sulfonamides is 1. The molecule has 0 atom stereocenters. The van der Waals surface area contributed by atoms with E-state index in [0.29, 0.717) is 0 Å². The molecular weight excluding hydrogens is 324 g/mol. The molecule has 0 spiro atoms. The molecule has 0 radical (unpaired) electrons. The molecule has 1 amide bonds. The quantitative estimate of drug-likeness (QED) is 0.763. The zero-order chi connectivity index (χ0) is 14.9. The Morgan fingerprint density at radius 3 is 2.45 bits per heavy atom. The number of nitrogens with one attached hydrogen (secondary N) is 1. The van der Waals surface area contributed by atoms with Gasteiger partial charge in [-0.1, -0.05) is 0 Å². The Labute approximate surface area is 121 Å². The van der Waals surface area contributed by atoms with Crippen molar-refractivity contribution >= 4 is 49.6 Å². The molecule has 20 heavy (non-hydrogen) atoms. The van der Waals surface area contributed by atoms with Crippen molar-refractivity contribution in [1.29, 1.82) is 0 Å². The number of rotatable bonds is 5. The van der Waals surface area contributed by atoms with E-state index in [1.54, 1.807) is 0 Å². The molecule has 2 aromatic rings. The fourth-order valence-corrected chi connectivity index (χ4v) is 4.81. The number of anilines is 1. The second kappa shape index (κ2) is 5.23. The highest BCUT2D eigenvalue weighted by Gasteiger charge is 2.25. The molecule has 0 saturated carbocycles. The van der Waals surface area contributed by atoms with Crippen molar-refractivity contribution in [3.8, 4) is 0 Å². The van der Waals surface area contributed by atoms with Crippen LogP contribution in [0.5, 0.6) is 0 Å². The molecule has 0 aliphatic heterocycles.